The maximum Gasteiger partial charge on any atom is 0.164 e. The van der Waals surface area contributed by atoms with Crippen LogP contribution >= 0.6 is 0 Å². The Balaban J connectivity index is 1.35. The molecular weight excluding hydrogens is 464 g/mol. The molecule has 0 spiro atoms. The molecule has 0 aliphatic rings. The lowest BCUT2D eigenvalue weighted by atomic mass is 10.0. The molecule has 0 saturated heterocycles. The SMILES string of the molecule is c1ccc(-c2nc(-c3ccccc3)nc(-c3ccc4ccc(-c5cc6ccccc6cn5)cc4c3)n2)cc1. The average molecular weight is 487 g/mol. The molecule has 2 aromatic heterocycles. The summed E-state index contributed by atoms with van der Waals surface area (Å²) in [5.74, 6) is 1.96. The summed E-state index contributed by atoms with van der Waals surface area (Å²) in [5, 5.41) is 4.58. The van der Waals surface area contributed by atoms with Crippen LogP contribution in [0.3, 0.4) is 0 Å². The highest BCUT2D eigenvalue weighted by Gasteiger charge is 2.13. The minimum atomic E-state index is 0.647. The van der Waals surface area contributed by atoms with E-state index in [2.05, 4.69) is 60.7 Å². The number of nitrogens with zero attached hydrogens (tertiary/aromatic N) is 4. The van der Waals surface area contributed by atoms with Crippen LogP contribution in [0.15, 0.2) is 134 Å². The van der Waals surface area contributed by atoms with Crippen LogP contribution in [0.25, 0.3) is 67.0 Å². The van der Waals surface area contributed by atoms with Crippen molar-refractivity contribution in [2.24, 2.45) is 0 Å². The molecule has 0 bridgehead atoms. The van der Waals surface area contributed by atoms with Crippen LogP contribution in [-0.4, -0.2) is 19.9 Å². The van der Waals surface area contributed by atoms with Gasteiger partial charge in [-0.25, -0.2) is 15.0 Å². The van der Waals surface area contributed by atoms with Gasteiger partial charge in [0.15, 0.2) is 17.5 Å². The maximum atomic E-state index is 4.89. The van der Waals surface area contributed by atoms with Crippen molar-refractivity contribution in [3.05, 3.63) is 134 Å². The third-order valence-corrected chi connectivity index (χ3v) is 6.72. The first-order valence-electron chi connectivity index (χ1n) is 12.6. The molecule has 0 radical (unpaired) electrons. The zero-order valence-electron chi connectivity index (χ0n) is 20.5. The summed E-state index contributed by atoms with van der Waals surface area (Å²) in [4.78, 5) is 19.3. The molecule has 0 aliphatic carbocycles. The van der Waals surface area contributed by atoms with Gasteiger partial charge in [-0.3, -0.25) is 4.98 Å². The highest BCUT2D eigenvalue weighted by Crippen LogP contribution is 2.30. The van der Waals surface area contributed by atoms with E-state index in [9.17, 15) is 0 Å². The van der Waals surface area contributed by atoms with Gasteiger partial charge < -0.3 is 0 Å². The molecule has 7 aromatic rings. The van der Waals surface area contributed by atoms with Crippen molar-refractivity contribution in [2.45, 2.75) is 0 Å². The van der Waals surface area contributed by atoms with E-state index < -0.39 is 0 Å². The molecule has 178 valence electrons. The molecule has 7 rings (SSSR count). The fraction of sp³-hybridized carbons (Fsp3) is 0. The smallest absolute Gasteiger partial charge is 0.164 e. The van der Waals surface area contributed by atoms with E-state index in [4.69, 9.17) is 19.9 Å². The zero-order chi connectivity index (χ0) is 25.3. The molecule has 0 N–H and O–H groups in total. The van der Waals surface area contributed by atoms with E-state index in [1.54, 1.807) is 0 Å². The van der Waals surface area contributed by atoms with Gasteiger partial charge in [0, 0.05) is 33.8 Å². The molecule has 0 amide bonds. The highest BCUT2D eigenvalue weighted by atomic mass is 15.0. The Morgan fingerprint density at radius 2 is 0.868 bits per heavy atom. The van der Waals surface area contributed by atoms with Gasteiger partial charge in [0.2, 0.25) is 0 Å². The molecule has 4 heteroatoms. The van der Waals surface area contributed by atoms with Crippen LogP contribution in [0.1, 0.15) is 0 Å². The first-order valence-corrected chi connectivity index (χ1v) is 12.6. The predicted octanol–water partition coefficient (Wildman–Crippen LogP) is 8.24. The Hall–Kier alpha value is -5.22. The Morgan fingerprint density at radius 1 is 0.342 bits per heavy atom. The summed E-state index contributed by atoms with van der Waals surface area (Å²) >= 11 is 0. The molecule has 2 heterocycles. The van der Waals surface area contributed by atoms with Gasteiger partial charge >= 0.3 is 0 Å². The third-order valence-electron chi connectivity index (χ3n) is 6.72. The number of aromatic nitrogens is 4. The molecule has 0 fully saturated rings. The van der Waals surface area contributed by atoms with Crippen molar-refractivity contribution in [3.63, 3.8) is 0 Å². The van der Waals surface area contributed by atoms with Crippen LogP contribution in [0.2, 0.25) is 0 Å². The Morgan fingerprint density at radius 3 is 1.53 bits per heavy atom. The summed E-state index contributed by atoms with van der Waals surface area (Å²) in [6, 6.07) is 43.3. The van der Waals surface area contributed by atoms with Gasteiger partial charge in [0.25, 0.3) is 0 Å². The minimum absolute atomic E-state index is 0.647. The summed E-state index contributed by atoms with van der Waals surface area (Å²) in [5.41, 5.74) is 4.88. The van der Waals surface area contributed by atoms with E-state index in [0.717, 1.165) is 44.1 Å². The second kappa shape index (κ2) is 9.34. The fourth-order valence-electron chi connectivity index (χ4n) is 4.72. The molecule has 5 aromatic carbocycles. The predicted molar refractivity (Wildman–Crippen MR) is 154 cm³/mol. The van der Waals surface area contributed by atoms with E-state index in [1.165, 1.54) is 5.39 Å². The van der Waals surface area contributed by atoms with Crippen LogP contribution < -0.4 is 0 Å². The standard InChI is InChI=1S/C34H22N4/c1-3-9-24(10-4-1)32-36-33(25-11-5-2-6-12-25)38-34(37-32)28-18-16-23-15-17-27(19-30(23)20-28)31-21-26-13-7-8-14-29(26)22-35-31/h1-22H. The number of fused-ring (bicyclic) bond motifs is 2. The zero-order valence-corrected chi connectivity index (χ0v) is 20.5. The van der Waals surface area contributed by atoms with Crippen molar-refractivity contribution in [2.75, 3.05) is 0 Å². The molecule has 38 heavy (non-hydrogen) atoms. The lowest BCUT2D eigenvalue weighted by Gasteiger charge is -2.10. The van der Waals surface area contributed by atoms with Gasteiger partial charge in [-0.1, -0.05) is 109 Å². The topological polar surface area (TPSA) is 51.6 Å². The average Bonchev–Trinajstić information content (AvgIpc) is 3.01. The second-order valence-electron chi connectivity index (χ2n) is 9.23. The Kier molecular flexibility index (Phi) is 5.41. The molecule has 0 aliphatic heterocycles. The van der Waals surface area contributed by atoms with Crippen molar-refractivity contribution in [3.8, 4) is 45.4 Å². The minimum Gasteiger partial charge on any atom is -0.256 e. The van der Waals surface area contributed by atoms with Crippen LogP contribution in [0.4, 0.5) is 0 Å². The van der Waals surface area contributed by atoms with E-state index in [-0.39, 0.29) is 0 Å². The first-order chi connectivity index (χ1) is 18.8. The summed E-state index contributed by atoms with van der Waals surface area (Å²) in [7, 11) is 0. The number of pyridine rings is 1. The normalized spacial score (nSPS) is 11.2. The van der Waals surface area contributed by atoms with Crippen molar-refractivity contribution in [1.82, 2.24) is 19.9 Å². The van der Waals surface area contributed by atoms with Crippen LogP contribution in [0.5, 0.6) is 0 Å². The quantitative estimate of drug-likeness (QED) is 0.251. The monoisotopic (exact) mass is 486 g/mol. The number of rotatable bonds is 4. The number of hydrogen-bond acceptors (Lipinski definition) is 4. The Bertz CT molecular complexity index is 1860. The van der Waals surface area contributed by atoms with Crippen LogP contribution in [-0.2, 0) is 0 Å². The van der Waals surface area contributed by atoms with Gasteiger partial charge in [-0.15, -0.1) is 0 Å². The lowest BCUT2D eigenvalue weighted by molar-refractivity contribution is 1.07. The van der Waals surface area contributed by atoms with Gasteiger partial charge in [0.05, 0.1) is 5.69 Å². The van der Waals surface area contributed by atoms with Crippen molar-refractivity contribution >= 4 is 21.5 Å². The maximum absolute atomic E-state index is 4.89. The van der Waals surface area contributed by atoms with E-state index in [1.807, 2.05) is 72.9 Å². The largest absolute Gasteiger partial charge is 0.256 e. The second-order valence-corrected chi connectivity index (χ2v) is 9.23. The first kappa shape index (κ1) is 22.0. The Labute approximate surface area is 220 Å². The van der Waals surface area contributed by atoms with E-state index >= 15 is 0 Å². The lowest BCUT2D eigenvalue weighted by Crippen LogP contribution is -2.00. The fourth-order valence-corrected chi connectivity index (χ4v) is 4.72. The number of hydrogen-bond donors (Lipinski definition) is 0. The summed E-state index contributed by atoms with van der Waals surface area (Å²) < 4.78 is 0. The van der Waals surface area contributed by atoms with Crippen LogP contribution in [0, 0.1) is 0 Å². The van der Waals surface area contributed by atoms with E-state index in [0.29, 0.717) is 17.5 Å². The summed E-state index contributed by atoms with van der Waals surface area (Å²) in [6.45, 7) is 0. The number of benzene rings is 5. The molecule has 0 atom stereocenters. The van der Waals surface area contributed by atoms with Crippen molar-refractivity contribution < 1.29 is 0 Å². The van der Waals surface area contributed by atoms with Gasteiger partial charge in [-0.05, 0) is 34.4 Å². The molecule has 0 saturated carbocycles. The molecule has 4 nitrogen and oxygen atoms in total. The molecule has 0 unspecified atom stereocenters. The summed E-state index contributed by atoms with van der Waals surface area (Å²) in [6.07, 6.45) is 1.94. The van der Waals surface area contributed by atoms with Crippen molar-refractivity contribution in [1.29, 1.82) is 0 Å². The third kappa shape index (κ3) is 4.18. The van der Waals surface area contributed by atoms with Gasteiger partial charge in [-0.2, -0.15) is 0 Å². The highest BCUT2D eigenvalue weighted by molar-refractivity contribution is 5.91. The molecular formula is C34H22N4. The van der Waals surface area contributed by atoms with Gasteiger partial charge in [0.1, 0.15) is 0 Å².